The topological polar surface area (TPSA) is 49.4 Å². The second-order valence-corrected chi connectivity index (χ2v) is 5.48. The Labute approximate surface area is 123 Å². The molecule has 1 N–H and O–H groups in total. The minimum atomic E-state index is -0.485. The fourth-order valence-electron chi connectivity index (χ4n) is 1.50. The van der Waals surface area contributed by atoms with Gasteiger partial charge in [0.05, 0.1) is 0 Å². The first kappa shape index (κ1) is 17.9. The highest BCUT2D eigenvalue weighted by molar-refractivity contribution is 7.98. The van der Waals surface area contributed by atoms with Gasteiger partial charge in [-0.1, -0.05) is 0 Å². The first-order valence-corrected chi connectivity index (χ1v) is 8.19. The Morgan fingerprint density at radius 1 is 1.28 bits per heavy atom. The molecule has 0 saturated heterocycles. The number of halogens is 2. The van der Waals surface area contributed by atoms with Crippen molar-refractivity contribution in [3.05, 3.63) is 0 Å². The summed E-state index contributed by atoms with van der Waals surface area (Å²) >= 11 is 13.0. The van der Waals surface area contributed by atoms with Crippen LogP contribution < -0.4 is 5.32 Å². The molecule has 0 aromatic rings. The summed E-state index contributed by atoms with van der Waals surface area (Å²) < 4.78 is 0. The summed E-state index contributed by atoms with van der Waals surface area (Å²) in [7, 11) is 0. The molecule has 0 bridgehead atoms. The average Bonchev–Trinajstić information content (AvgIpc) is 2.33. The number of amides is 2. The molecular formula is C11H20Cl2N2O2S. The van der Waals surface area contributed by atoms with E-state index in [4.69, 9.17) is 23.2 Å². The minimum Gasteiger partial charge on any atom is -0.345 e. The number of thioether (sulfide) groups is 1. The van der Waals surface area contributed by atoms with Gasteiger partial charge in [-0.05, 0) is 18.4 Å². The Hall–Kier alpha value is -0.130. The molecule has 0 saturated carbocycles. The van der Waals surface area contributed by atoms with Gasteiger partial charge < -0.3 is 10.2 Å². The highest BCUT2D eigenvalue weighted by Crippen LogP contribution is 2.06. The highest BCUT2D eigenvalue weighted by atomic mass is 35.5. The summed E-state index contributed by atoms with van der Waals surface area (Å²) in [5.41, 5.74) is 0. The Bertz CT molecular complexity index is 261. The molecule has 0 fully saturated rings. The fourth-order valence-corrected chi connectivity index (χ4v) is 2.37. The molecule has 0 aliphatic rings. The Morgan fingerprint density at radius 2 is 1.83 bits per heavy atom. The van der Waals surface area contributed by atoms with Gasteiger partial charge in [-0.3, -0.25) is 9.59 Å². The van der Waals surface area contributed by atoms with Gasteiger partial charge in [0.15, 0.2) is 0 Å². The normalized spacial score (nSPS) is 12.0. The summed E-state index contributed by atoms with van der Waals surface area (Å²) in [5, 5.41) is 2.68. The summed E-state index contributed by atoms with van der Waals surface area (Å²) in [6.07, 6.45) is 2.57. The van der Waals surface area contributed by atoms with Gasteiger partial charge in [0.25, 0.3) is 0 Å². The third-order valence-electron chi connectivity index (χ3n) is 2.31. The van der Waals surface area contributed by atoms with Crippen LogP contribution in [0.1, 0.15) is 13.3 Å². The molecule has 0 rings (SSSR count). The van der Waals surface area contributed by atoms with Gasteiger partial charge in [0.1, 0.15) is 6.04 Å². The first-order chi connectivity index (χ1) is 8.56. The lowest BCUT2D eigenvalue weighted by atomic mass is 10.2. The van der Waals surface area contributed by atoms with Gasteiger partial charge in [0, 0.05) is 31.8 Å². The summed E-state index contributed by atoms with van der Waals surface area (Å²) in [5.74, 6) is 1.22. The number of hydrogen-bond donors (Lipinski definition) is 1. The predicted octanol–water partition coefficient (Wildman–Crippen LogP) is 1.55. The maximum absolute atomic E-state index is 12.2. The smallest absolute Gasteiger partial charge is 0.245 e. The van der Waals surface area contributed by atoms with Crippen molar-refractivity contribution in [2.45, 2.75) is 19.4 Å². The van der Waals surface area contributed by atoms with Crippen LogP contribution in [0.15, 0.2) is 0 Å². The fraction of sp³-hybridized carbons (Fsp3) is 0.818. The number of carbonyl (C=O) groups excluding carboxylic acids is 2. The molecule has 4 nitrogen and oxygen atoms in total. The zero-order chi connectivity index (χ0) is 14.0. The van der Waals surface area contributed by atoms with Crippen LogP contribution in [0.25, 0.3) is 0 Å². The molecule has 0 radical (unpaired) electrons. The number of rotatable bonds is 9. The quantitative estimate of drug-likeness (QED) is 0.657. The lowest BCUT2D eigenvalue weighted by molar-refractivity contribution is -0.135. The Kier molecular flexibility index (Phi) is 10.7. The van der Waals surface area contributed by atoms with E-state index in [2.05, 4.69) is 5.32 Å². The molecule has 0 aliphatic heterocycles. The van der Waals surface area contributed by atoms with E-state index in [1.165, 1.54) is 6.92 Å². The van der Waals surface area contributed by atoms with Crippen molar-refractivity contribution in [2.75, 3.05) is 36.9 Å². The van der Waals surface area contributed by atoms with E-state index >= 15 is 0 Å². The van der Waals surface area contributed by atoms with Gasteiger partial charge in [-0.2, -0.15) is 11.8 Å². The molecule has 2 amide bonds. The van der Waals surface area contributed by atoms with Crippen LogP contribution in [0.5, 0.6) is 0 Å². The SMILES string of the molecule is CSCCC(NC(C)=O)C(=O)N(CCCl)CCCl. The molecule has 0 aliphatic carbocycles. The second-order valence-electron chi connectivity index (χ2n) is 3.74. The molecule has 1 unspecified atom stereocenters. The Balaban J connectivity index is 4.60. The second kappa shape index (κ2) is 10.8. The maximum atomic E-state index is 12.2. The largest absolute Gasteiger partial charge is 0.345 e. The first-order valence-electron chi connectivity index (χ1n) is 5.73. The number of carbonyl (C=O) groups is 2. The van der Waals surface area contributed by atoms with E-state index < -0.39 is 6.04 Å². The molecule has 7 heteroatoms. The maximum Gasteiger partial charge on any atom is 0.245 e. The highest BCUT2D eigenvalue weighted by Gasteiger charge is 2.24. The average molecular weight is 315 g/mol. The van der Waals surface area contributed by atoms with Crippen LogP contribution in [-0.4, -0.2) is 59.6 Å². The third-order valence-corrected chi connectivity index (χ3v) is 3.29. The van der Waals surface area contributed by atoms with E-state index in [1.54, 1.807) is 16.7 Å². The summed E-state index contributed by atoms with van der Waals surface area (Å²) in [6, 6.07) is -0.485. The van der Waals surface area contributed by atoms with Gasteiger partial charge in [-0.15, -0.1) is 23.2 Å². The molecule has 106 valence electrons. The van der Waals surface area contributed by atoms with Gasteiger partial charge >= 0.3 is 0 Å². The van der Waals surface area contributed by atoms with Crippen LogP contribution in [0.4, 0.5) is 0 Å². The van der Waals surface area contributed by atoms with Crippen molar-refractivity contribution < 1.29 is 9.59 Å². The molecule has 1 atom stereocenters. The van der Waals surface area contributed by atoms with Crippen molar-refractivity contribution in [3.63, 3.8) is 0 Å². The summed E-state index contributed by atoms with van der Waals surface area (Å²) in [6.45, 7) is 2.30. The van der Waals surface area contributed by atoms with E-state index in [0.29, 0.717) is 31.3 Å². The number of alkyl halides is 2. The predicted molar refractivity (Wildman–Crippen MR) is 78.6 cm³/mol. The standard InChI is InChI=1S/C11H20Cl2N2O2S/c1-9(16)14-10(3-8-18-2)11(17)15(6-4-12)7-5-13/h10H,3-8H2,1-2H3,(H,14,16). The van der Waals surface area contributed by atoms with Crippen LogP contribution >= 0.6 is 35.0 Å². The van der Waals surface area contributed by atoms with Crippen molar-refractivity contribution in [1.82, 2.24) is 10.2 Å². The monoisotopic (exact) mass is 314 g/mol. The summed E-state index contributed by atoms with van der Waals surface area (Å²) in [4.78, 5) is 25.0. The number of nitrogens with zero attached hydrogens (tertiary/aromatic N) is 1. The van der Waals surface area contributed by atoms with E-state index in [0.717, 1.165) is 5.75 Å². The van der Waals surface area contributed by atoms with E-state index in [-0.39, 0.29) is 11.8 Å². The molecular weight excluding hydrogens is 295 g/mol. The van der Waals surface area contributed by atoms with Crippen molar-refractivity contribution in [3.8, 4) is 0 Å². The molecule has 0 spiro atoms. The molecule has 0 heterocycles. The zero-order valence-corrected chi connectivity index (χ0v) is 13.1. The van der Waals surface area contributed by atoms with E-state index in [1.807, 2.05) is 6.26 Å². The van der Waals surface area contributed by atoms with Gasteiger partial charge in [0.2, 0.25) is 11.8 Å². The van der Waals surface area contributed by atoms with Crippen molar-refractivity contribution >= 4 is 46.8 Å². The lowest BCUT2D eigenvalue weighted by Crippen LogP contribution is -2.49. The third kappa shape index (κ3) is 7.34. The Morgan fingerprint density at radius 3 is 2.22 bits per heavy atom. The van der Waals surface area contributed by atoms with Crippen molar-refractivity contribution in [2.24, 2.45) is 0 Å². The van der Waals surface area contributed by atoms with Crippen LogP contribution in [0.3, 0.4) is 0 Å². The van der Waals surface area contributed by atoms with Crippen LogP contribution in [0, 0.1) is 0 Å². The molecule has 0 aromatic heterocycles. The van der Waals surface area contributed by atoms with Crippen LogP contribution in [-0.2, 0) is 9.59 Å². The number of hydrogen-bond acceptors (Lipinski definition) is 3. The van der Waals surface area contributed by atoms with Crippen LogP contribution in [0.2, 0.25) is 0 Å². The number of nitrogens with one attached hydrogen (secondary N) is 1. The molecule has 18 heavy (non-hydrogen) atoms. The lowest BCUT2D eigenvalue weighted by Gasteiger charge is -2.26. The van der Waals surface area contributed by atoms with E-state index in [9.17, 15) is 9.59 Å². The minimum absolute atomic E-state index is 0.111. The van der Waals surface area contributed by atoms with Gasteiger partial charge in [-0.25, -0.2) is 0 Å². The zero-order valence-electron chi connectivity index (χ0n) is 10.7. The van der Waals surface area contributed by atoms with Crippen molar-refractivity contribution in [1.29, 1.82) is 0 Å². The molecule has 0 aromatic carbocycles.